The van der Waals surface area contributed by atoms with E-state index in [1.54, 1.807) is 36.4 Å². The molecule has 1 aromatic carbocycles. The number of para-hydroxylation sites is 1. The van der Waals surface area contributed by atoms with Crippen LogP contribution in [-0.2, 0) is 4.79 Å². The Morgan fingerprint density at radius 3 is 2.46 bits per heavy atom. The van der Waals surface area contributed by atoms with Gasteiger partial charge in [0.1, 0.15) is 0 Å². The molecular formula is C21H29N5O2. The maximum absolute atomic E-state index is 12.3. The van der Waals surface area contributed by atoms with Gasteiger partial charge in [-0.15, -0.1) is 0 Å². The molecule has 0 aliphatic carbocycles. The van der Waals surface area contributed by atoms with Crippen molar-refractivity contribution in [3.05, 3.63) is 59.9 Å². The smallest absolute Gasteiger partial charge is 0.251 e. The van der Waals surface area contributed by atoms with Crippen LogP contribution in [0.5, 0.6) is 0 Å². The van der Waals surface area contributed by atoms with E-state index in [4.69, 9.17) is 0 Å². The second-order valence-electron chi connectivity index (χ2n) is 6.59. The molecule has 28 heavy (non-hydrogen) atoms. The number of hydrogen-bond acceptors (Lipinski definition) is 5. The van der Waals surface area contributed by atoms with Crippen molar-refractivity contribution in [2.75, 3.05) is 32.1 Å². The number of nitrogens with one attached hydrogen (secondary N) is 2. The highest BCUT2D eigenvalue weighted by atomic mass is 16.2. The summed E-state index contributed by atoms with van der Waals surface area (Å²) in [5.41, 5.74) is 5.65. The molecule has 0 saturated heterocycles. The number of nitrogens with zero attached hydrogens (tertiary/aromatic N) is 3. The molecule has 2 N–H and O–H groups in total. The van der Waals surface area contributed by atoms with Crippen LogP contribution >= 0.6 is 0 Å². The first kappa shape index (κ1) is 21.5. The minimum Gasteiger partial charge on any atom is -0.352 e. The van der Waals surface area contributed by atoms with Gasteiger partial charge >= 0.3 is 0 Å². The van der Waals surface area contributed by atoms with Gasteiger partial charge in [0.2, 0.25) is 5.91 Å². The van der Waals surface area contributed by atoms with Crippen molar-refractivity contribution in [3.8, 4) is 0 Å². The molecule has 0 saturated carbocycles. The lowest BCUT2D eigenvalue weighted by molar-refractivity contribution is -0.116. The Morgan fingerprint density at radius 1 is 1.14 bits per heavy atom. The molecule has 2 aromatic rings. The zero-order valence-electron chi connectivity index (χ0n) is 17.0. The van der Waals surface area contributed by atoms with Gasteiger partial charge in [-0.1, -0.05) is 18.2 Å². The monoisotopic (exact) mass is 383 g/mol. The van der Waals surface area contributed by atoms with E-state index in [9.17, 15) is 9.59 Å². The number of carbonyl (C=O) groups excluding carboxylic acids is 2. The normalized spacial score (nSPS) is 11.9. The number of amides is 2. The lowest BCUT2D eigenvalue weighted by atomic mass is 10.0. The SMILES string of the molecule is CNN(C)C(C)c1ccccc1N(CCCNC(=O)c1ccncc1)C(C)=O. The minimum absolute atomic E-state index is 0.0211. The Morgan fingerprint density at radius 2 is 1.82 bits per heavy atom. The van der Waals surface area contributed by atoms with Crippen LogP contribution in [0.3, 0.4) is 0 Å². The molecule has 0 fully saturated rings. The number of aromatic nitrogens is 1. The van der Waals surface area contributed by atoms with E-state index >= 15 is 0 Å². The van der Waals surface area contributed by atoms with Gasteiger partial charge in [0.25, 0.3) is 5.91 Å². The molecule has 7 heteroatoms. The van der Waals surface area contributed by atoms with Gasteiger partial charge in [-0.2, -0.15) is 0 Å². The summed E-state index contributed by atoms with van der Waals surface area (Å²) in [5.74, 6) is -0.159. The van der Waals surface area contributed by atoms with Crippen molar-refractivity contribution in [2.45, 2.75) is 26.3 Å². The van der Waals surface area contributed by atoms with E-state index in [2.05, 4.69) is 22.7 Å². The molecule has 150 valence electrons. The van der Waals surface area contributed by atoms with Gasteiger partial charge in [0, 0.05) is 56.7 Å². The summed E-state index contributed by atoms with van der Waals surface area (Å²) in [6, 6.07) is 11.4. The van der Waals surface area contributed by atoms with E-state index in [1.807, 2.05) is 43.4 Å². The first-order valence-electron chi connectivity index (χ1n) is 9.41. The summed E-state index contributed by atoms with van der Waals surface area (Å²) in [6.07, 6.45) is 3.83. The van der Waals surface area contributed by atoms with Crippen molar-refractivity contribution in [3.63, 3.8) is 0 Å². The fourth-order valence-electron chi connectivity index (χ4n) is 2.98. The fourth-order valence-corrected chi connectivity index (χ4v) is 2.98. The molecule has 1 heterocycles. The highest BCUT2D eigenvalue weighted by molar-refractivity contribution is 5.94. The topological polar surface area (TPSA) is 77.6 Å². The molecule has 7 nitrogen and oxygen atoms in total. The zero-order chi connectivity index (χ0) is 20.5. The summed E-state index contributed by atoms with van der Waals surface area (Å²) in [6.45, 7) is 4.67. The summed E-state index contributed by atoms with van der Waals surface area (Å²) in [5, 5.41) is 4.88. The Labute approximate surface area is 166 Å². The lowest BCUT2D eigenvalue weighted by Crippen LogP contribution is -2.36. The molecule has 1 aromatic heterocycles. The van der Waals surface area contributed by atoms with Crippen LogP contribution in [0.4, 0.5) is 5.69 Å². The number of benzene rings is 1. The van der Waals surface area contributed by atoms with E-state index in [0.29, 0.717) is 25.1 Å². The number of hydrazine groups is 1. The van der Waals surface area contributed by atoms with Crippen molar-refractivity contribution >= 4 is 17.5 Å². The predicted molar refractivity (Wildman–Crippen MR) is 111 cm³/mol. The standard InChI is InChI=1S/C21H29N5O2/c1-16(25(4)22-3)19-8-5-6-9-20(19)26(17(2)27)15-7-12-24-21(28)18-10-13-23-14-11-18/h5-6,8-11,13-14,16,22H,7,12,15H2,1-4H3,(H,24,28). The van der Waals surface area contributed by atoms with E-state index in [1.165, 1.54) is 0 Å². The van der Waals surface area contributed by atoms with Crippen molar-refractivity contribution in [1.29, 1.82) is 0 Å². The van der Waals surface area contributed by atoms with Crippen LogP contribution in [0, 0.1) is 0 Å². The number of pyridine rings is 1. The van der Waals surface area contributed by atoms with Crippen molar-refractivity contribution < 1.29 is 9.59 Å². The number of rotatable bonds is 9. The summed E-state index contributed by atoms with van der Waals surface area (Å²) >= 11 is 0. The summed E-state index contributed by atoms with van der Waals surface area (Å²) in [7, 11) is 3.83. The maximum Gasteiger partial charge on any atom is 0.251 e. The summed E-state index contributed by atoms with van der Waals surface area (Å²) < 4.78 is 0. The summed E-state index contributed by atoms with van der Waals surface area (Å²) in [4.78, 5) is 30.1. The van der Waals surface area contributed by atoms with Gasteiger partial charge < -0.3 is 10.2 Å². The Bertz CT molecular complexity index is 781. The molecule has 0 bridgehead atoms. The van der Waals surface area contributed by atoms with E-state index < -0.39 is 0 Å². The van der Waals surface area contributed by atoms with Gasteiger partial charge in [0.15, 0.2) is 0 Å². The van der Waals surface area contributed by atoms with E-state index in [0.717, 1.165) is 11.3 Å². The van der Waals surface area contributed by atoms with Crippen LogP contribution in [0.25, 0.3) is 0 Å². The molecule has 2 amide bonds. The average Bonchev–Trinajstić information content (AvgIpc) is 2.72. The van der Waals surface area contributed by atoms with Crippen LogP contribution in [-0.4, -0.2) is 49.0 Å². The van der Waals surface area contributed by atoms with Gasteiger partial charge in [0.05, 0.1) is 0 Å². The lowest BCUT2D eigenvalue weighted by Gasteiger charge is -2.30. The molecule has 0 radical (unpaired) electrons. The molecule has 0 aliphatic heterocycles. The number of anilines is 1. The Hall–Kier alpha value is -2.77. The largest absolute Gasteiger partial charge is 0.352 e. The third-order valence-electron chi connectivity index (χ3n) is 4.78. The number of hydrogen-bond donors (Lipinski definition) is 2. The van der Waals surface area contributed by atoms with Crippen LogP contribution in [0.15, 0.2) is 48.8 Å². The Balaban J connectivity index is 2.02. The molecule has 1 atom stereocenters. The first-order valence-corrected chi connectivity index (χ1v) is 9.41. The van der Waals surface area contributed by atoms with Gasteiger partial charge in [-0.3, -0.25) is 20.0 Å². The number of carbonyl (C=O) groups is 2. The first-order chi connectivity index (χ1) is 13.5. The molecule has 1 unspecified atom stereocenters. The highest BCUT2D eigenvalue weighted by Crippen LogP contribution is 2.29. The fraction of sp³-hybridized carbons (Fsp3) is 0.381. The second kappa shape index (κ2) is 10.5. The van der Waals surface area contributed by atoms with Gasteiger partial charge in [-0.05, 0) is 44.2 Å². The third-order valence-corrected chi connectivity index (χ3v) is 4.78. The molecule has 2 rings (SSSR count). The Kier molecular flexibility index (Phi) is 8.10. The van der Waals surface area contributed by atoms with Crippen LogP contribution < -0.4 is 15.6 Å². The zero-order valence-corrected chi connectivity index (χ0v) is 17.0. The van der Waals surface area contributed by atoms with Gasteiger partial charge in [-0.25, -0.2) is 5.01 Å². The second-order valence-corrected chi connectivity index (χ2v) is 6.59. The molecular weight excluding hydrogens is 354 g/mol. The van der Waals surface area contributed by atoms with Crippen LogP contribution in [0.2, 0.25) is 0 Å². The maximum atomic E-state index is 12.3. The van der Waals surface area contributed by atoms with Crippen molar-refractivity contribution in [2.24, 2.45) is 0 Å². The predicted octanol–water partition coefficient (Wildman–Crippen LogP) is 2.38. The van der Waals surface area contributed by atoms with Crippen molar-refractivity contribution in [1.82, 2.24) is 20.7 Å². The average molecular weight is 383 g/mol. The quantitative estimate of drug-likeness (QED) is 0.514. The highest BCUT2D eigenvalue weighted by Gasteiger charge is 2.20. The third kappa shape index (κ3) is 5.61. The van der Waals surface area contributed by atoms with Crippen LogP contribution in [0.1, 0.15) is 42.2 Å². The molecule has 0 spiro atoms. The molecule has 0 aliphatic rings. The van der Waals surface area contributed by atoms with E-state index in [-0.39, 0.29) is 17.9 Å². The minimum atomic E-state index is -0.138.